The Bertz CT molecular complexity index is 972. The molecular formula is C26H38ClN3O5. The smallest absolute Gasteiger partial charge is 0.410 e. The van der Waals surface area contributed by atoms with Crippen LogP contribution in [0.5, 0.6) is 0 Å². The van der Waals surface area contributed by atoms with E-state index < -0.39 is 11.0 Å². The van der Waals surface area contributed by atoms with Crippen molar-refractivity contribution < 1.29 is 23.9 Å². The van der Waals surface area contributed by atoms with Crippen LogP contribution >= 0.6 is 11.6 Å². The molecule has 3 amide bonds. The van der Waals surface area contributed by atoms with Gasteiger partial charge in [-0.2, -0.15) is 0 Å². The molecule has 1 saturated heterocycles. The maximum absolute atomic E-state index is 13.2. The minimum absolute atomic E-state index is 0.00109. The van der Waals surface area contributed by atoms with E-state index in [9.17, 15) is 14.4 Å². The zero-order valence-electron chi connectivity index (χ0n) is 21.7. The Morgan fingerprint density at radius 1 is 1.23 bits per heavy atom. The van der Waals surface area contributed by atoms with E-state index in [4.69, 9.17) is 21.1 Å². The summed E-state index contributed by atoms with van der Waals surface area (Å²) in [6.07, 6.45) is 2.77. The summed E-state index contributed by atoms with van der Waals surface area (Å²) < 4.78 is 10.6. The van der Waals surface area contributed by atoms with Crippen molar-refractivity contribution in [3.05, 3.63) is 28.3 Å². The first-order valence-electron chi connectivity index (χ1n) is 12.3. The molecule has 1 N–H and O–H groups in total. The molecule has 9 heteroatoms. The predicted octanol–water partition coefficient (Wildman–Crippen LogP) is 4.52. The van der Waals surface area contributed by atoms with Gasteiger partial charge in [0.15, 0.2) is 0 Å². The van der Waals surface area contributed by atoms with Crippen molar-refractivity contribution in [2.24, 2.45) is 0 Å². The van der Waals surface area contributed by atoms with E-state index in [2.05, 4.69) is 5.32 Å². The Hall–Kier alpha value is -2.32. The van der Waals surface area contributed by atoms with Crippen molar-refractivity contribution in [1.29, 1.82) is 0 Å². The highest BCUT2D eigenvalue weighted by Gasteiger charge is 2.44. The Labute approximate surface area is 213 Å². The van der Waals surface area contributed by atoms with Gasteiger partial charge in [0.1, 0.15) is 5.60 Å². The molecular weight excluding hydrogens is 470 g/mol. The van der Waals surface area contributed by atoms with Crippen LogP contribution in [-0.4, -0.2) is 67.8 Å². The molecule has 0 saturated carbocycles. The second kappa shape index (κ2) is 10.7. The van der Waals surface area contributed by atoms with Gasteiger partial charge in [-0.15, -0.1) is 0 Å². The van der Waals surface area contributed by atoms with E-state index in [1.54, 1.807) is 29.0 Å². The topological polar surface area (TPSA) is 88.2 Å². The summed E-state index contributed by atoms with van der Waals surface area (Å²) in [6.45, 7) is 11.4. The lowest BCUT2D eigenvalue weighted by molar-refractivity contribution is -0.122. The van der Waals surface area contributed by atoms with Crippen molar-refractivity contribution in [2.75, 3.05) is 38.3 Å². The summed E-state index contributed by atoms with van der Waals surface area (Å²) in [5.41, 5.74) is 0.584. The first-order chi connectivity index (χ1) is 16.3. The predicted molar refractivity (Wildman–Crippen MR) is 136 cm³/mol. The van der Waals surface area contributed by atoms with Gasteiger partial charge in [-0.1, -0.05) is 11.6 Å². The molecule has 8 nitrogen and oxygen atoms in total. The lowest BCUT2D eigenvalue weighted by Crippen LogP contribution is -2.50. The van der Waals surface area contributed by atoms with Gasteiger partial charge in [0.05, 0.1) is 16.0 Å². The van der Waals surface area contributed by atoms with Gasteiger partial charge in [0.2, 0.25) is 5.91 Å². The number of piperidine rings is 1. The SMILES string of the molecule is COCCCCN1C(=O)C(C)(C)c2cc(Cl)c(C(=O)N[C@@H]3CCCN(C(=O)OC(C)(C)C)C3)cc21. The van der Waals surface area contributed by atoms with Crippen LogP contribution in [0, 0.1) is 0 Å². The summed E-state index contributed by atoms with van der Waals surface area (Å²) in [5, 5.41) is 3.34. The van der Waals surface area contributed by atoms with Crippen molar-refractivity contribution in [3.8, 4) is 0 Å². The summed E-state index contributed by atoms with van der Waals surface area (Å²) in [7, 11) is 1.66. The second-order valence-electron chi connectivity index (χ2n) is 10.9. The molecule has 0 aromatic heterocycles. The maximum atomic E-state index is 13.2. The summed E-state index contributed by atoms with van der Waals surface area (Å²) in [4.78, 5) is 42.3. The molecule has 194 valence electrons. The Morgan fingerprint density at radius 3 is 2.60 bits per heavy atom. The zero-order chi connectivity index (χ0) is 26.0. The molecule has 35 heavy (non-hydrogen) atoms. The third-order valence-electron chi connectivity index (χ3n) is 6.46. The maximum Gasteiger partial charge on any atom is 0.410 e. The number of carbonyl (C=O) groups excluding carboxylic acids is 3. The number of nitrogens with zero attached hydrogens (tertiary/aromatic N) is 2. The fourth-order valence-electron chi connectivity index (χ4n) is 4.61. The minimum atomic E-state index is -0.716. The number of anilines is 1. The van der Waals surface area contributed by atoms with Crippen molar-refractivity contribution in [1.82, 2.24) is 10.2 Å². The van der Waals surface area contributed by atoms with Gasteiger partial charge in [-0.25, -0.2) is 4.79 Å². The van der Waals surface area contributed by atoms with E-state index in [0.717, 1.165) is 36.9 Å². The number of amides is 3. The van der Waals surface area contributed by atoms with Crippen molar-refractivity contribution >= 4 is 35.2 Å². The van der Waals surface area contributed by atoms with Crippen LogP contribution in [0.2, 0.25) is 5.02 Å². The van der Waals surface area contributed by atoms with Gasteiger partial charge in [-0.3, -0.25) is 9.59 Å². The number of hydrogen-bond acceptors (Lipinski definition) is 5. The van der Waals surface area contributed by atoms with E-state index in [1.165, 1.54) is 0 Å². The quantitative estimate of drug-likeness (QED) is 0.548. The summed E-state index contributed by atoms with van der Waals surface area (Å²) in [6, 6.07) is 3.26. The Kier molecular flexibility index (Phi) is 8.37. The van der Waals surface area contributed by atoms with Gasteiger partial charge in [0, 0.05) is 45.1 Å². The Morgan fingerprint density at radius 2 is 1.94 bits per heavy atom. The zero-order valence-corrected chi connectivity index (χ0v) is 22.5. The van der Waals surface area contributed by atoms with E-state index in [-0.39, 0.29) is 23.9 Å². The highest BCUT2D eigenvalue weighted by Crippen LogP contribution is 2.44. The molecule has 0 aliphatic carbocycles. The normalized spacial score (nSPS) is 19.5. The number of unbranched alkanes of at least 4 members (excludes halogenated alkanes) is 1. The number of carbonyl (C=O) groups is 3. The fourth-order valence-corrected chi connectivity index (χ4v) is 4.86. The molecule has 2 aliphatic rings. The van der Waals surface area contributed by atoms with Crippen LogP contribution in [0.1, 0.15) is 76.2 Å². The first kappa shape index (κ1) is 27.3. The first-order valence-corrected chi connectivity index (χ1v) is 12.7. The average molecular weight is 508 g/mol. The highest BCUT2D eigenvalue weighted by atomic mass is 35.5. The third-order valence-corrected chi connectivity index (χ3v) is 6.78. The number of methoxy groups -OCH3 is 1. The molecule has 2 aliphatic heterocycles. The van der Waals surface area contributed by atoms with Gasteiger partial charge >= 0.3 is 6.09 Å². The molecule has 3 rings (SSSR count). The van der Waals surface area contributed by atoms with Crippen molar-refractivity contribution in [2.45, 2.75) is 77.4 Å². The number of halogens is 1. The second-order valence-corrected chi connectivity index (χ2v) is 11.3. The number of rotatable bonds is 7. The summed E-state index contributed by atoms with van der Waals surface area (Å²) >= 11 is 6.55. The lowest BCUT2D eigenvalue weighted by atomic mass is 9.86. The molecule has 0 unspecified atom stereocenters. The van der Waals surface area contributed by atoms with Crippen LogP contribution in [0.25, 0.3) is 0 Å². The number of nitrogens with one attached hydrogen (secondary N) is 1. The molecule has 1 aromatic carbocycles. The monoisotopic (exact) mass is 507 g/mol. The molecule has 1 atom stereocenters. The van der Waals surface area contributed by atoms with Gasteiger partial charge in [0.25, 0.3) is 5.91 Å². The Balaban J connectivity index is 1.75. The van der Waals surface area contributed by atoms with E-state index in [0.29, 0.717) is 36.8 Å². The van der Waals surface area contributed by atoms with Crippen LogP contribution in [0.3, 0.4) is 0 Å². The molecule has 2 heterocycles. The molecule has 0 spiro atoms. The van der Waals surface area contributed by atoms with Crippen LogP contribution in [-0.2, 0) is 19.7 Å². The number of benzene rings is 1. The standard InChI is InChI=1S/C26H38ClN3O5/c1-25(2,3)35-24(33)29-11-9-10-17(16-29)28-22(31)18-14-21-19(15-20(18)27)26(4,5)23(32)30(21)12-7-8-13-34-6/h14-15,17H,7-13,16H2,1-6H3,(H,28,31)/t17-/m1/s1. The third kappa shape index (κ3) is 6.28. The van der Waals surface area contributed by atoms with Gasteiger partial charge < -0.3 is 24.6 Å². The minimum Gasteiger partial charge on any atom is -0.444 e. The number of fused-ring (bicyclic) bond motifs is 1. The number of likely N-dealkylation sites (tertiary alicyclic amines) is 1. The van der Waals surface area contributed by atoms with E-state index in [1.807, 2.05) is 34.6 Å². The molecule has 1 fully saturated rings. The lowest BCUT2D eigenvalue weighted by Gasteiger charge is -2.34. The highest BCUT2D eigenvalue weighted by molar-refractivity contribution is 6.34. The average Bonchev–Trinajstić information content (AvgIpc) is 2.95. The van der Waals surface area contributed by atoms with Crippen LogP contribution in [0.4, 0.5) is 10.5 Å². The molecule has 1 aromatic rings. The fraction of sp³-hybridized carbons (Fsp3) is 0.654. The van der Waals surface area contributed by atoms with E-state index >= 15 is 0 Å². The van der Waals surface area contributed by atoms with Gasteiger partial charge in [-0.05, 0) is 78.0 Å². The molecule has 0 radical (unpaired) electrons. The molecule has 0 bridgehead atoms. The summed E-state index contributed by atoms with van der Waals surface area (Å²) in [5.74, 6) is -0.316. The largest absolute Gasteiger partial charge is 0.444 e. The van der Waals surface area contributed by atoms with Crippen molar-refractivity contribution in [3.63, 3.8) is 0 Å². The number of hydrogen-bond donors (Lipinski definition) is 1. The number of ether oxygens (including phenoxy) is 2. The van der Waals surface area contributed by atoms with Crippen LogP contribution < -0.4 is 10.2 Å². The van der Waals surface area contributed by atoms with Crippen LogP contribution in [0.15, 0.2) is 12.1 Å².